The van der Waals surface area contributed by atoms with Crippen LogP contribution < -0.4 is 11.1 Å². The number of rotatable bonds is 4. The number of benzene rings is 1. The summed E-state index contributed by atoms with van der Waals surface area (Å²) in [6.07, 6.45) is 2.24. The fraction of sp³-hybridized carbons (Fsp3) is 0.417. The number of nitro groups is 1. The zero-order valence-corrected chi connectivity index (χ0v) is 10.3. The zero-order chi connectivity index (χ0) is 14.0. The molecule has 1 aliphatic carbocycles. The number of para-hydroxylation sites is 1. The van der Waals surface area contributed by atoms with Crippen molar-refractivity contribution in [2.24, 2.45) is 11.1 Å². The number of nitrogens with one attached hydrogen (secondary N) is 1. The number of carbonyl (C=O) groups excluding carboxylic acids is 1. The Balaban J connectivity index is 2.28. The number of aromatic hydroxyl groups is 1. The second-order valence-electron chi connectivity index (χ2n) is 4.72. The standard InChI is InChI=1S/C12H15N3O4/c13-7-12(5-2-6-12)11(17)14-10-8(15(18)19)3-1-4-9(10)16/h1,3-4,16H,2,5-7,13H2,(H,14,17). The van der Waals surface area contributed by atoms with Gasteiger partial charge < -0.3 is 16.2 Å². The Hall–Kier alpha value is -2.15. The number of hydrogen-bond donors (Lipinski definition) is 3. The Bertz CT molecular complexity index is 520. The molecule has 19 heavy (non-hydrogen) atoms. The SMILES string of the molecule is NCC1(C(=O)Nc2c(O)cccc2[N+](=O)[O-])CCC1. The van der Waals surface area contributed by atoms with E-state index in [0.29, 0.717) is 12.8 Å². The summed E-state index contributed by atoms with van der Waals surface area (Å²) in [5.74, 6) is -0.695. The van der Waals surface area contributed by atoms with Gasteiger partial charge in [0.15, 0.2) is 5.69 Å². The van der Waals surface area contributed by atoms with Gasteiger partial charge in [-0.2, -0.15) is 0 Å². The van der Waals surface area contributed by atoms with E-state index in [9.17, 15) is 20.0 Å². The number of hydrogen-bond acceptors (Lipinski definition) is 5. The van der Waals surface area contributed by atoms with Crippen LogP contribution in [0.25, 0.3) is 0 Å². The minimum absolute atomic E-state index is 0.169. The molecule has 0 atom stereocenters. The first-order valence-corrected chi connectivity index (χ1v) is 5.98. The topological polar surface area (TPSA) is 118 Å². The third-order valence-corrected chi connectivity index (χ3v) is 3.64. The highest BCUT2D eigenvalue weighted by Gasteiger charge is 2.43. The van der Waals surface area contributed by atoms with Crippen LogP contribution in [0.15, 0.2) is 18.2 Å². The van der Waals surface area contributed by atoms with Crippen molar-refractivity contribution in [3.63, 3.8) is 0 Å². The summed E-state index contributed by atoms with van der Waals surface area (Å²) in [6.45, 7) is 0.195. The first-order chi connectivity index (χ1) is 9.00. The molecule has 1 saturated carbocycles. The van der Waals surface area contributed by atoms with Crippen molar-refractivity contribution in [2.75, 3.05) is 11.9 Å². The Kier molecular flexibility index (Phi) is 3.39. The average molecular weight is 265 g/mol. The molecule has 102 valence electrons. The maximum absolute atomic E-state index is 12.1. The van der Waals surface area contributed by atoms with Gasteiger partial charge in [-0.25, -0.2) is 0 Å². The first-order valence-electron chi connectivity index (χ1n) is 5.98. The maximum atomic E-state index is 12.1. The minimum atomic E-state index is -0.657. The Morgan fingerprint density at radius 3 is 2.68 bits per heavy atom. The molecule has 0 spiro atoms. The van der Waals surface area contributed by atoms with E-state index in [2.05, 4.69) is 5.32 Å². The van der Waals surface area contributed by atoms with Gasteiger partial charge in [-0.15, -0.1) is 0 Å². The lowest BCUT2D eigenvalue weighted by molar-refractivity contribution is -0.384. The third kappa shape index (κ3) is 2.24. The lowest BCUT2D eigenvalue weighted by atomic mass is 9.68. The smallest absolute Gasteiger partial charge is 0.296 e. The average Bonchev–Trinajstić information content (AvgIpc) is 2.30. The summed E-state index contributed by atoms with van der Waals surface area (Å²) in [6, 6.07) is 3.87. The number of nitrogens with zero attached hydrogens (tertiary/aromatic N) is 1. The van der Waals surface area contributed by atoms with Crippen LogP contribution in [0.4, 0.5) is 11.4 Å². The predicted octanol–water partition coefficient (Wildman–Crippen LogP) is 1.37. The van der Waals surface area contributed by atoms with E-state index in [1.807, 2.05) is 0 Å². The van der Waals surface area contributed by atoms with Gasteiger partial charge in [0.1, 0.15) is 5.75 Å². The monoisotopic (exact) mass is 265 g/mol. The number of phenols is 1. The fourth-order valence-corrected chi connectivity index (χ4v) is 2.18. The first kappa shape index (κ1) is 13.3. The van der Waals surface area contributed by atoms with Crippen molar-refractivity contribution in [3.05, 3.63) is 28.3 Å². The number of nitrogens with two attached hydrogens (primary N) is 1. The van der Waals surface area contributed by atoms with E-state index in [1.165, 1.54) is 18.2 Å². The summed E-state index contributed by atoms with van der Waals surface area (Å²) in [5.41, 5.74) is 4.44. The van der Waals surface area contributed by atoms with Crippen molar-refractivity contribution in [1.82, 2.24) is 0 Å². The van der Waals surface area contributed by atoms with Gasteiger partial charge in [0.25, 0.3) is 5.69 Å². The minimum Gasteiger partial charge on any atom is -0.505 e. The largest absolute Gasteiger partial charge is 0.505 e. The van der Waals surface area contributed by atoms with Crippen LogP contribution >= 0.6 is 0 Å². The Morgan fingerprint density at radius 1 is 1.53 bits per heavy atom. The molecule has 0 radical (unpaired) electrons. The van der Waals surface area contributed by atoms with Crippen molar-refractivity contribution < 1.29 is 14.8 Å². The molecule has 7 nitrogen and oxygen atoms in total. The number of nitro benzene ring substituents is 1. The molecule has 0 heterocycles. The van der Waals surface area contributed by atoms with Gasteiger partial charge in [-0.05, 0) is 18.9 Å². The van der Waals surface area contributed by atoms with Crippen LogP contribution in [-0.4, -0.2) is 22.5 Å². The molecule has 0 bridgehead atoms. The van der Waals surface area contributed by atoms with E-state index >= 15 is 0 Å². The number of carbonyl (C=O) groups is 1. The molecule has 1 fully saturated rings. The van der Waals surface area contributed by atoms with Gasteiger partial charge in [0.05, 0.1) is 10.3 Å². The number of phenolic OH excluding ortho intramolecular Hbond substituents is 1. The molecular formula is C12H15N3O4. The molecule has 0 aromatic heterocycles. The lowest BCUT2D eigenvalue weighted by Crippen LogP contribution is -2.47. The Morgan fingerprint density at radius 2 is 2.21 bits per heavy atom. The maximum Gasteiger partial charge on any atom is 0.296 e. The molecular weight excluding hydrogens is 250 g/mol. The molecule has 1 aromatic carbocycles. The second kappa shape index (κ2) is 4.85. The summed E-state index contributed by atoms with van der Waals surface area (Å²) in [4.78, 5) is 22.4. The summed E-state index contributed by atoms with van der Waals surface area (Å²) in [5, 5.41) is 23.0. The summed E-state index contributed by atoms with van der Waals surface area (Å²) in [7, 11) is 0. The Labute approximate surface area is 109 Å². The number of anilines is 1. The molecule has 1 aliphatic rings. The number of amides is 1. The van der Waals surface area contributed by atoms with Gasteiger partial charge in [-0.3, -0.25) is 14.9 Å². The van der Waals surface area contributed by atoms with Crippen LogP contribution in [0, 0.1) is 15.5 Å². The molecule has 1 amide bonds. The van der Waals surface area contributed by atoms with Crippen molar-refractivity contribution in [3.8, 4) is 5.75 Å². The van der Waals surface area contributed by atoms with E-state index in [1.54, 1.807) is 0 Å². The predicted molar refractivity (Wildman–Crippen MR) is 68.7 cm³/mol. The van der Waals surface area contributed by atoms with Gasteiger partial charge >= 0.3 is 0 Å². The van der Waals surface area contributed by atoms with E-state index < -0.39 is 10.3 Å². The van der Waals surface area contributed by atoms with Crippen LogP contribution in [0.2, 0.25) is 0 Å². The molecule has 0 unspecified atom stereocenters. The zero-order valence-electron chi connectivity index (χ0n) is 10.3. The van der Waals surface area contributed by atoms with Gasteiger partial charge in [-0.1, -0.05) is 12.5 Å². The van der Waals surface area contributed by atoms with E-state index in [0.717, 1.165) is 6.42 Å². The quantitative estimate of drug-likeness (QED) is 0.431. The summed E-state index contributed by atoms with van der Waals surface area (Å²) >= 11 is 0. The lowest BCUT2D eigenvalue weighted by Gasteiger charge is -2.38. The molecule has 1 aromatic rings. The molecule has 2 rings (SSSR count). The van der Waals surface area contributed by atoms with Crippen LogP contribution in [0.1, 0.15) is 19.3 Å². The van der Waals surface area contributed by atoms with E-state index in [4.69, 9.17) is 5.73 Å². The molecule has 0 saturated heterocycles. The highest BCUT2D eigenvalue weighted by atomic mass is 16.6. The normalized spacial score (nSPS) is 16.5. The highest BCUT2D eigenvalue weighted by molar-refractivity contribution is 5.99. The summed E-state index contributed by atoms with van der Waals surface area (Å²) < 4.78 is 0. The van der Waals surface area contributed by atoms with Crippen LogP contribution in [0.5, 0.6) is 5.75 Å². The van der Waals surface area contributed by atoms with E-state index in [-0.39, 0.29) is 29.6 Å². The molecule has 7 heteroatoms. The third-order valence-electron chi connectivity index (χ3n) is 3.64. The highest BCUT2D eigenvalue weighted by Crippen LogP contribution is 2.42. The van der Waals surface area contributed by atoms with Gasteiger partial charge in [0, 0.05) is 12.6 Å². The van der Waals surface area contributed by atoms with Crippen LogP contribution in [0.3, 0.4) is 0 Å². The van der Waals surface area contributed by atoms with Gasteiger partial charge in [0.2, 0.25) is 5.91 Å². The second-order valence-corrected chi connectivity index (χ2v) is 4.72. The van der Waals surface area contributed by atoms with Crippen molar-refractivity contribution in [1.29, 1.82) is 0 Å². The molecule has 4 N–H and O–H groups in total. The van der Waals surface area contributed by atoms with Crippen molar-refractivity contribution in [2.45, 2.75) is 19.3 Å². The fourth-order valence-electron chi connectivity index (χ4n) is 2.18. The molecule has 0 aliphatic heterocycles. The van der Waals surface area contributed by atoms with Crippen molar-refractivity contribution >= 4 is 17.3 Å². The van der Waals surface area contributed by atoms with Crippen LogP contribution in [-0.2, 0) is 4.79 Å².